The van der Waals surface area contributed by atoms with Crippen molar-refractivity contribution < 1.29 is 0 Å². The van der Waals surface area contributed by atoms with E-state index >= 15 is 0 Å². The molecule has 1 aromatic carbocycles. The largest absolute Gasteiger partial charge is 0.236 e. The Morgan fingerprint density at radius 3 is 2.54 bits per heavy atom. The van der Waals surface area contributed by atoms with Crippen LogP contribution in [-0.4, -0.2) is 9.97 Å². The Hall–Kier alpha value is -1.70. The van der Waals surface area contributed by atoms with E-state index in [0.717, 1.165) is 30.1 Å². The average molecular weight is 351 g/mol. The summed E-state index contributed by atoms with van der Waals surface area (Å²) in [7, 11) is 0. The lowest BCUT2D eigenvalue weighted by Crippen LogP contribution is -2.16. The van der Waals surface area contributed by atoms with Gasteiger partial charge in [0.15, 0.2) is 5.82 Å². The summed E-state index contributed by atoms with van der Waals surface area (Å²) >= 11 is 0. The maximum atomic E-state index is 4.90. The molecule has 1 aromatic heterocycles. The summed E-state index contributed by atoms with van der Waals surface area (Å²) in [6, 6.07) is 8.79. The van der Waals surface area contributed by atoms with Crippen molar-refractivity contribution in [2.24, 2.45) is 5.92 Å². The Bertz CT molecular complexity index is 675. The monoisotopic (exact) mass is 350 g/mol. The van der Waals surface area contributed by atoms with Crippen LogP contribution in [-0.2, 0) is 19.3 Å². The summed E-state index contributed by atoms with van der Waals surface area (Å²) in [6.07, 6.45) is 16.3. The minimum Gasteiger partial charge on any atom is -0.236 e. The molecule has 26 heavy (non-hydrogen) atoms. The summed E-state index contributed by atoms with van der Waals surface area (Å²) in [4.78, 5) is 9.59. The smallest absolute Gasteiger partial charge is 0.159 e. The predicted octanol–water partition coefficient (Wildman–Crippen LogP) is 6.56. The minimum absolute atomic E-state index is 0.840. The number of hydrogen-bond donors (Lipinski definition) is 0. The number of nitrogens with zero attached hydrogens (tertiary/aromatic N) is 2. The Balaban J connectivity index is 1.58. The molecule has 0 aliphatic heterocycles. The maximum absolute atomic E-state index is 4.90. The average Bonchev–Trinajstić information content (AvgIpc) is 2.68. The third-order valence-corrected chi connectivity index (χ3v) is 5.72. The van der Waals surface area contributed by atoms with Gasteiger partial charge in [-0.05, 0) is 42.7 Å². The molecule has 1 atom stereocenters. The molecule has 1 aliphatic carbocycles. The van der Waals surface area contributed by atoms with Gasteiger partial charge in [-0.1, -0.05) is 83.1 Å². The zero-order valence-corrected chi connectivity index (χ0v) is 16.6. The van der Waals surface area contributed by atoms with Crippen LogP contribution < -0.4 is 0 Å². The highest BCUT2D eigenvalue weighted by Crippen LogP contribution is 2.29. The van der Waals surface area contributed by atoms with Gasteiger partial charge >= 0.3 is 0 Å². The van der Waals surface area contributed by atoms with E-state index in [1.807, 2.05) is 0 Å². The van der Waals surface area contributed by atoms with E-state index in [4.69, 9.17) is 4.98 Å². The predicted molar refractivity (Wildman–Crippen MR) is 110 cm³/mol. The summed E-state index contributed by atoms with van der Waals surface area (Å²) in [5.74, 6) is 1.73. The number of hydrogen-bond acceptors (Lipinski definition) is 2. The van der Waals surface area contributed by atoms with Gasteiger partial charge in [0, 0.05) is 17.5 Å². The topological polar surface area (TPSA) is 25.8 Å². The van der Waals surface area contributed by atoms with Gasteiger partial charge in [0.05, 0.1) is 0 Å². The Kier molecular flexibility index (Phi) is 7.22. The molecule has 2 heteroatoms. The normalized spacial score (nSPS) is 16.5. The molecule has 0 fully saturated rings. The Labute approximate surface area is 159 Å². The lowest BCUT2D eigenvalue weighted by Gasteiger charge is -2.24. The second kappa shape index (κ2) is 9.85. The van der Waals surface area contributed by atoms with Crippen molar-refractivity contribution in [3.63, 3.8) is 0 Å². The number of aryl methyl sites for hydroxylation is 2. The Morgan fingerprint density at radius 2 is 1.77 bits per heavy atom. The van der Waals surface area contributed by atoms with Crippen molar-refractivity contribution in [2.75, 3.05) is 0 Å². The number of benzene rings is 1. The van der Waals surface area contributed by atoms with E-state index in [1.165, 1.54) is 74.6 Å². The molecule has 140 valence electrons. The summed E-state index contributed by atoms with van der Waals surface area (Å²) in [5, 5.41) is 0. The fourth-order valence-electron chi connectivity index (χ4n) is 4.11. The number of fused-ring (bicyclic) bond motifs is 1. The third-order valence-electron chi connectivity index (χ3n) is 5.72. The van der Waals surface area contributed by atoms with Gasteiger partial charge in [0.2, 0.25) is 0 Å². The molecular formula is C24H34N2. The summed E-state index contributed by atoms with van der Waals surface area (Å²) in [6.45, 7) is 4.50. The van der Waals surface area contributed by atoms with E-state index in [-0.39, 0.29) is 0 Å². The molecule has 2 aromatic rings. The van der Waals surface area contributed by atoms with Gasteiger partial charge < -0.3 is 0 Å². The quantitative estimate of drug-likeness (QED) is 0.478. The molecular weight excluding hydrogens is 316 g/mol. The van der Waals surface area contributed by atoms with Crippen LogP contribution in [0.15, 0.2) is 30.5 Å². The fraction of sp³-hybridized carbons (Fsp3) is 0.583. The van der Waals surface area contributed by atoms with E-state index in [2.05, 4.69) is 49.3 Å². The summed E-state index contributed by atoms with van der Waals surface area (Å²) < 4.78 is 0. The van der Waals surface area contributed by atoms with Gasteiger partial charge in [0.1, 0.15) is 0 Å². The highest BCUT2D eigenvalue weighted by atomic mass is 14.9. The molecule has 0 saturated carbocycles. The molecule has 0 bridgehead atoms. The maximum Gasteiger partial charge on any atom is 0.159 e. The molecule has 0 N–H and O–H groups in total. The van der Waals surface area contributed by atoms with Crippen LogP contribution in [0.5, 0.6) is 0 Å². The fourth-order valence-corrected chi connectivity index (χ4v) is 4.11. The first kappa shape index (κ1) is 19.1. The zero-order chi connectivity index (χ0) is 18.2. The molecule has 0 spiro atoms. The van der Waals surface area contributed by atoms with Crippen molar-refractivity contribution in [3.8, 4) is 11.4 Å². The van der Waals surface area contributed by atoms with Gasteiger partial charge in [-0.25, -0.2) is 9.97 Å². The standard InChI is InChI=1S/C24H34N2/c1-3-5-6-7-8-10-20-13-16-23-22(17-20)18-25-24(26-23)21-14-11-19(9-4-2)12-15-21/h11-12,14-15,18,20H,3-10,13,16-17H2,1-2H3. The molecule has 0 saturated heterocycles. The van der Waals surface area contributed by atoms with Gasteiger partial charge in [-0.3, -0.25) is 0 Å². The lowest BCUT2D eigenvalue weighted by atomic mass is 9.84. The van der Waals surface area contributed by atoms with Crippen LogP contribution in [0, 0.1) is 5.92 Å². The number of rotatable bonds is 9. The number of unbranched alkanes of at least 4 members (excludes halogenated alkanes) is 4. The van der Waals surface area contributed by atoms with Gasteiger partial charge in [-0.2, -0.15) is 0 Å². The molecule has 1 heterocycles. The van der Waals surface area contributed by atoms with Crippen LogP contribution >= 0.6 is 0 Å². The zero-order valence-electron chi connectivity index (χ0n) is 16.6. The molecule has 3 rings (SSSR count). The lowest BCUT2D eigenvalue weighted by molar-refractivity contribution is 0.400. The molecule has 2 nitrogen and oxygen atoms in total. The molecule has 0 radical (unpaired) electrons. The summed E-state index contributed by atoms with van der Waals surface area (Å²) in [5.41, 5.74) is 5.22. The SMILES string of the molecule is CCCCCCCC1CCc2nc(-c3ccc(CCC)cc3)ncc2C1. The van der Waals surface area contributed by atoms with Crippen molar-refractivity contribution in [2.45, 2.75) is 84.5 Å². The van der Waals surface area contributed by atoms with Crippen LogP contribution in [0.1, 0.15) is 82.0 Å². The third kappa shape index (κ3) is 5.16. The second-order valence-corrected chi connectivity index (χ2v) is 7.92. The first-order chi connectivity index (χ1) is 12.8. The van der Waals surface area contributed by atoms with Crippen molar-refractivity contribution in [3.05, 3.63) is 47.3 Å². The van der Waals surface area contributed by atoms with Crippen LogP contribution in [0.4, 0.5) is 0 Å². The van der Waals surface area contributed by atoms with Crippen molar-refractivity contribution >= 4 is 0 Å². The van der Waals surface area contributed by atoms with Gasteiger partial charge in [-0.15, -0.1) is 0 Å². The van der Waals surface area contributed by atoms with Crippen molar-refractivity contribution in [1.29, 1.82) is 0 Å². The number of aromatic nitrogens is 2. The minimum atomic E-state index is 0.840. The van der Waals surface area contributed by atoms with Gasteiger partial charge in [0.25, 0.3) is 0 Å². The van der Waals surface area contributed by atoms with Crippen LogP contribution in [0.3, 0.4) is 0 Å². The highest BCUT2D eigenvalue weighted by molar-refractivity contribution is 5.55. The molecule has 1 aliphatic rings. The molecule has 0 amide bonds. The van der Waals surface area contributed by atoms with E-state index in [1.54, 1.807) is 0 Å². The first-order valence-corrected chi connectivity index (χ1v) is 10.7. The highest BCUT2D eigenvalue weighted by Gasteiger charge is 2.20. The van der Waals surface area contributed by atoms with Crippen LogP contribution in [0.25, 0.3) is 11.4 Å². The second-order valence-electron chi connectivity index (χ2n) is 7.92. The first-order valence-electron chi connectivity index (χ1n) is 10.7. The van der Waals surface area contributed by atoms with E-state index in [9.17, 15) is 0 Å². The molecule has 1 unspecified atom stereocenters. The Morgan fingerprint density at radius 1 is 0.962 bits per heavy atom. The van der Waals surface area contributed by atoms with E-state index in [0.29, 0.717) is 0 Å². The van der Waals surface area contributed by atoms with Crippen molar-refractivity contribution in [1.82, 2.24) is 9.97 Å². The van der Waals surface area contributed by atoms with Crippen LogP contribution in [0.2, 0.25) is 0 Å². The van der Waals surface area contributed by atoms with E-state index < -0.39 is 0 Å².